The number of nitrogens with zero attached hydrogens (tertiary/aromatic N) is 3. The smallest absolute Gasteiger partial charge is 0.282 e. The number of anilines is 1. The van der Waals surface area contributed by atoms with E-state index in [1.807, 2.05) is 87.2 Å². The SMILES string of the molecule is CCN(CCc1ccncc1)C1=C(c2ccc(C)cc2)C(=O)N(c2ccc(C)cc2C)C1=O. The highest BCUT2D eigenvalue weighted by atomic mass is 16.2. The van der Waals surface area contributed by atoms with Crippen LogP contribution in [0.5, 0.6) is 0 Å². The highest BCUT2D eigenvalue weighted by Crippen LogP contribution is 2.36. The second-order valence-electron chi connectivity index (χ2n) is 8.51. The average molecular weight is 440 g/mol. The molecule has 0 bridgehead atoms. The van der Waals surface area contributed by atoms with Gasteiger partial charge in [0.25, 0.3) is 11.8 Å². The van der Waals surface area contributed by atoms with Crippen molar-refractivity contribution < 1.29 is 9.59 Å². The van der Waals surface area contributed by atoms with E-state index in [0.29, 0.717) is 30.0 Å². The summed E-state index contributed by atoms with van der Waals surface area (Å²) < 4.78 is 0. The molecule has 33 heavy (non-hydrogen) atoms. The lowest BCUT2D eigenvalue weighted by molar-refractivity contribution is -0.120. The fourth-order valence-corrected chi connectivity index (χ4v) is 4.31. The van der Waals surface area contributed by atoms with Crippen LogP contribution in [-0.4, -0.2) is 34.8 Å². The molecule has 0 saturated carbocycles. The molecule has 0 atom stereocenters. The van der Waals surface area contributed by atoms with E-state index in [2.05, 4.69) is 4.98 Å². The molecule has 0 saturated heterocycles. The van der Waals surface area contributed by atoms with E-state index in [1.165, 1.54) is 4.90 Å². The first kappa shape index (κ1) is 22.5. The Hall–Kier alpha value is -3.73. The van der Waals surface area contributed by atoms with Crippen LogP contribution in [0.15, 0.2) is 72.7 Å². The predicted molar refractivity (Wildman–Crippen MR) is 132 cm³/mol. The van der Waals surface area contributed by atoms with Gasteiger partial charge in [0.2, 0.25) is 0 Å². The third-order valence-electron chi connectivity index (χ3n) is 6.11. The molecule has 0 unspecified atom stereocenters. The number of hydrogen-bond donors (Lipinski definition) is 0. The maximum atomic E-state index is 13.8. The van der Waals surface area contributed by atoms with Crippen molar-refractivity contribution in [3.8, 4) is 0 Å². The maximum Gasteiger partial charge on any atom is 0.282 e. The van der Waals surface area contributed by atoms with Crippen molar-refractivity contribution >= 4 is 23.1 Å². The molecule has 3 aromatic rings. The largest absolute Gasteiger partial charge is 0.366 e. The van der Waals surface area contributed by atoms with Gasteiger partial charge in [-0.25, -0.2) is 4.90 Å². The summed E-state index contributed by atoms with van der Waals surface area (Å²) in [5, 5.41) is 0. The molecule has 4 rings (SSSR count). The lowest BCUT2D eigenvalue weighted by Crippen LogP contribution is -2.36. The molecule has 1 aliphatic rings. The number of aryl methyl sites for hydroxylation is 3. The van der Waals surface area contributed by atoms with Crippen molar-refractivity contribution in [2.24, 2.45) is 0 Å². The highest BCUT2D eigenvalue weighted by molar-refractivity contribution is 6.45. The zero-order chi connectivity index (χ0) is 23.5. The third kappa shape index (κ3) is 4.44. The summed E-state index contributed by atoms with van der Waals surface area (Å²) in [5.74, 6) is -0.535. The minimum Gasteiger partial charge on any atom is -0.366 e. The zero-order valence-electron chi connectivity index (χ0n) is 19.6. The standard InChI is InChI=1S/C28H29N3O2/c1-5-30(17-14-22-12-15-29-16-13-22)26-25(23-9-6-19(2)7-10-23)27(32)31(28(26)33)24-11-8-20(3)18-21(24)4/h6-13,15-16,18H,5,14,17H2,1-4H3. The van der Waals surface area contributed by atoms with E-state index in [-0.39, 0.29) is 11.8 Å². The molecule has 2 heterocycles. The Morgan fingerprint density at radius 2 is 1.52 bits per heavy atom. The van der Waals surface area contributed by atoms with Gasteiger partial charge >= 0.3 is 0 Å². The topological polar surface area (TPSA) is 53.5 Å². The first-order valence-electron chi connectivity index (χ1n) is 11.3. The highest BCUT2D eigenvalue weighted by Gasteiger charge is 2.42. The number of amides is 2. The van der Waals surface area contributed by atoms with Crippen LogP contribution in [0.3, 0.4) is 0 Å². The summed E-state index contributed by atoms with van der Waals surface area (Å²) >= 11 is 0. The summed E-state index contributed by atoms with van der Waals surface area (Å²) in [5.41, 5.74) is 6.59. The maximum absolute atomic E-state index is 13.8. The zero-order valence-corrected chi connectivity index (χ0v) is 19.6. The molecule has 1 aliphatic heterocycles. The lowest BCUT2D eigenvalue weighted by Gasteiger charge is -2.25. The average Bonchev–Trinajstić information content (AvgIpc) is 3.06. The van der Waals surface area contributed by atoms with Crippen molar-refractivity contribution in [1.29, 1.82) is 0 Å². The normalized spacial score (nSPS) is 13.8. The molecule has 0 radical (unpaired) electrons. The van der Waals surface area contributed by atoms with E-state index >= 15 is 0 Å². The van der Waals surface area contributed by atoms with Gasteiger partial charge < -0.3 is 4.90 Å². The third-order valence-corrected chi connectivity index (χ3v) is 6.11. The van der Waals surface area contributed by atoms with E-state index < -0.39 is 0 Å². The number of pyridine rings is 1. The van der Waals surface area contributed by atoms with Gasteiger partial charge in [-0.05, 0) is 69.0 Å². The molecule has 5 heteroatoms. The van der Waals surface area contributed by atoms with Crippen LogP contribution in [0.2, 0.25) is 0 Å². The molecule has 2 aromatic carbocycles. The molecule has 0 spiro atoms. The number of aromatic nitrogens is 1. The van der Waals surface area contributed by atoms with Gasteiger partial charge in [0.1, 0.15) is 5.70 Å². The Balaban J connectivity index is 1.78. The van der Waals surface area contributed by atoms with E-state index in [9.17, 15) is 9.59 Å². The van der Waals surface area contributed by atoms with Gasteiger partial charge in [-0.3, -0.25) is 14.6 Å². The van der Waals surface area contributed by atoms with Crippen LogP contribution in [0, 0.1) is 20.8 Å². The number of hydrogen-bond acceptors (Lipinski definition) is 4. The van der Waals surface area contributed by atoms with Gasteiger partial charge in [0.05, 0.1) is 11.3 Å². The van der Waals surface area contributed by atoms with Gasteiger partial charge in [0.15, 0.2) is 0 Å². The van der Waals surface area contributed by atoms with E-state index in [1.54, 1.807) is 12.4 Å². The molecule has 1 aromatic heterocycles. The Morgan fingerprint density at radius 1 is 0.848 bits per heavy atom. The monoisotopic (exact) mass is 439 g/mol. The van der Waals surface area contributed by atoms with Crippen molar-refractivity contribution in [3.63, 3.8) is 0 Å². The number of rotatable bonds is 7. The second kappa shape index (κ2) is 9.41. The van der Waals surface area contributed by atoms with Crippen LogP contribution in [0.25, 0.3) is 5.57 Å². The summed E-state index contributed by atoms with van der Waals surface area (Å²) in [6.45, 7) is 9.22. The van der Waals surface area contributed by atoms with Crippen LogP contribution in [0.1, 0.15) is 34.7 Å². The Morgan fingerprint density at radius 3 is 2.15 bits per heavy atom. The van der Waals surface area contributed by atoms with Crippen LogP contribution < -0.4 is 4.90 Å². The van der Waals surface area contributed by atoms with Crippen molar-refractivity contribution in [2.45, 2.75) is 34.1 Å². The number of likely N-dealkylation sites (N-methyl/N-ethyl adjacent to an activating group) is 1. The second-order valence-corrected chi connectivity index (χ2v) is 8.51. The molecule has 0 fully saturated rings. The van der Waals surface area contributed by atoms with E-state index in [0.717, 1.165) is 34.2 Å². The molecule has 5 nitrogen and oxygen atoms in total. The predicted octanol–water partition coefficient (Wildman–Crippen LogP) is 4.86. The number of carbonyl (C=O) groups excluding carboxylic acids is 2. The van der Waals surface area contributed by atoms with Crippen molar-refractivity contribution in [2.75, 3.05) is 18.0 Å². The van der Waals surface area contributed by atoms with Gasteiger partial charge in [0, 0.05) is 25.5 Å². The fraction of sp³-hybridized carbons (Fsp3) is 0.250. The van der Waals surface area contributed by atoms with E-state index in [4.69, 9.17) is 0 Å². The Labute approximate surface area is 195 Å². The van der Waals surface area contributed by atoms with Crippen molar-refractivity contribution in [3.05, 3.63) is 101 Å². The molecule has 2 amide bonds. The van der Waals surface area contributed by atoms with Crippen molar-refractivity contribution in [1.82, 2.24) is 9.88 Å². The van der Waals surface area contributed by atoms with Gasteiger partial charge in [-0.1, -0.05) is 47.5 Å². The van der Waals surface area contributed by atoms with Crippen LogP contribution in [0.4, 0.5) is 5.69 Å². The number of carbonyl (C=O) groups is 2. The fourth-order valence-electron chi connectivity index (χ4n) is 4.31. The Bertz CT molecular complexity index is 1210. The molecular formula is C28H29N3O2. The number of benzene rings is 2. The minimum absolute atomic E-state index is 0.265. The summed E-state index contributed by atoms with van der Waals surface area (Å²) in [6.07, 6.45) is 4.30. The van der Waals surface area contributed by atoms with Crippen LogP contribution >= 0.6 is 0 Å². The number of imide groups is 1. The summed E-state index contributed by atoms with van der Waals surface area (Å²) in [7, 11) is 0. The lowest BCUT2D eigenvalue weighted by atomic mass is 10.0. The Kier molecular flexibility index (Phi) is 6.40. The van der Waals surface area contributed by atoms with Crippen LogP contribution in [-0.2, 0) is 16.0 Å². The van der Waals surface area contributed by atoms with Gasteiger partial charge in [-0.2, -0.15) is 0 Å². The molecule has 168 valence electrons. The molecule has 0 aliphatic carbocycles. The molecule has 0 N–H and O–H groups in total. The van der Waals surface area contributed by atoms with Gasteiger partial charge in [-0.15, -0.1) is 0 Å². The summed E-state index contributed by atoms with van der Waals surface area (Å²) in [4.78, 5) is 35.0. The summed E-state index contributed by atoms with van der Waals surface area (Å²) in [6, 6.07) is 17.6. The first-order chi connectivity index (χ1) is 15.9. The molecular weight excluding hydrogens is 410 g/mol. The first-order valence-corrected chi connectivity index (χ1v) is 11.3. The quantitative estimate of drug-likeness (QED) is 0.494. The minimum atomic E-state index is -0.270.